The maximum absolute atomic E-state index is 12.1. The smallest absolute Gasteiger partial charge is 0.319 e. The van der Waals surface area contributed by atoms with Crippen molar-refractivity contribution in [3.63, 3.8) is 0 Å². The average molecular weight is 344 g/mol. The fraction of sp³-hybridized carbons (Fsp3) is 0.474. The van der Waals surface area contributed by atoms with Crippen LogP contribution in [0.25, 0.3) is 0 Å². The summed E-state index contributed by atoms with van der Waals surface area (Å²) < 4.78 is 7.16. The first-order valence-corrected chi connectivity index (χ1v) is 8.66. The quantitative estimate of drug-likeness (QED) is 0.769. The van der Waals surface area contributed by atoms with Crippen molar-refractivity contribution < 1.29 is 9.53 Å². The molecule has 1 atom stereocenters. The van der Waals surface area contributed by atoms with Gasteiger partial charge in [-0.15, -0.1) is 0 Å². The van der Waals surface area contributed by atoms with E-state index in [2.05, 4.69) is 40.1 Å². The minimum atomic E-state index is -0.203. The van der Waals surface area contributed by atoms with Crippen LogP contribution in [-0.4, -0.2) is 35.3 Å². The third-order valence-corrected chi connectivity index (χ3v) is 3.93. The SMILES string of the molecule is COCCC(C)NC(=O)Nc1cccc(Cn2ccnc2C(C)C)c1. The second kappa shape index (κ2) is 9.22. The molecule has 1 unspecified atom stereocenters. The van der Waals surface area contributed by atoms with Crippen molar-refractivity contribution >= 4 is 11.7 Å². The van der Waals surface area contributed by atoms with Crippen LogP contribution in [0.5, 0.6) is 0 Å². The highest BCUT2D eigenvalue weighted by Crippen LogP contribution is 2.16. The first-order valence-electron chi connectivity index (χ1n) is 8.66. The molecule has 0 saturated heterocycles. The third-order valence-electron chi connectivity index (χ3n) is 3.93. The molecule has 136 valence electrons. The van der Waals surface area contributed by atoms with Crippen LogP contribution in [-0.2, 0) is 11.3 Å². The second-order valence-corrected chi connectivity index (χ2v) is 6.55. The molecule has 1 aromatic carbocycles. The van der Waals surface area contributed by atoms with Gasteiger partial charge in [-0.1, -0.05) is 26.0 Å². The van der Waals surface area contributed by atoms with Crippen molar-refractivity contribution in [3.8, 4) is 0 Å². The number of carbonyl (C=O) groups is 1. The van der Waals surface area contributed by atoms with E-state index in [1.807, 2.05) is 37.5 Å². The van der Waals surface area contributed by atoms with Crippen molar-refractivity contribution in [2.75, 3.05) is 19.0 Å². The highest BCUT2D eigenvalue weighted by atomic mass is 16.5. The minimum Gasteiger partial charge on any atom is -0.385 e. The third kappa shape index (κ3) is 5.90. The van der Waals surface area contributed by atoms with Crippen LogP contribution in [0.3, 0.4) is 0 Å². The summed E-state index contributed by atoms with van der Waals surface area (Å²) in [5, 5.41) is 5.80. The monoisotopic (exact) mass is 344 g/mol. The van der Waals surface area contributed by atoms with Crippen LogP contribution in [0, 0.1) is 0 Å². The normalized spacial score (nSPS) is 12.2. The van der Waals surface area contributed by atoms with Crippen molar-refractivity contribution in [2.45, 2.75) is 45.7 Å². The molecule has 2 aromatic rings. The van der Waals surface area contributed by atoms with E-state index < -0.39 is 0 Å². The van der Waals surface area contributed by atoms with E-state index in [-0.39, 0.29) is 12.1 Å². The van der Waals surface area contributed by atoms with Gasteiger partial charge in [0.1, 0.15) is 5.82 Å². The van der Waals surface area contributed by atoms with Crippen molar-refractivity contribution in [2.24, 2.45) is 0 Å². The number of ether oxygens (including phenoxy) is 1. The van der Waals surface area contributed by atoms with Gasteiger partial charge in [0.15, 0.2) is 0 Å². The summed E-state index contributed by atoms with van der Waals surface area (Å²) in [6, 6.07) is 7.73. The van der Waals surface area contributed by atoms with Gasteiger partial charge in [-0.25, -0.2) is 9.78 Å². The molecule has 1 aromatic heterocycles. The van der Waals surface area contributed by atoms with E-state index in [1.165, 1.54) is 0 Å². The molecule has 0 aliphatic heterocycles. The fourth-order valence-electron chi connectivity index (χ4n) is 2.66. The summed E-state index contributed by atoms with van der Waals surface area (Å²) in [7, 11) is 1.66. The molecule has 1 heterocycles. The molecule has 0 bridgehead atoms. The summed E-state index contributed by atoms with van der Waals surface area (Å²) in [5.74, 6) is 1.43. The standard InChI is InChI=1S/C19H28N4O2/c1-14(2)18-20-9-10-23(18)13-16-6-5-7-17(12-16)22-19(24)21-15(3)8-11-25-4/h5-7,9-10,12,14-15H,8,11,13H2,1-4H3,(H2,21,22,24). The Kier molecular flexibility index (Phi) is 7.01. The topological polar surface area (TPSA) is 68.2 Å². The number of rotatable bonds is 8. The van der Waals surface area contributed by atoms with Gasteiger partial charge in [-0.2, -0.15) is 0 Å². The Labute approximate surface area is 149 Å². The number of amides is 2. The number of nitrogens with one attached hydrogen (secondary N) is 2. The number of nitrogens with zero attached hydrogens (tertiary/aromatic N) is 2. The van der Waals surface area contributed by atoms with E-state index in [1.54, 1.807) is 7.11 Å². The van der Waals surface area contributed by atoms with Gasteiger partial charge in [0.25, 0.3) is 0 Å². The number of benzene rings is 1. The lowest BCUT2D eigenvalue weighted by Crippen LogP contribution is -2.36. The Hall–Kier alpha value is -2.34. The Balaban J connectivity index is 1.96. The van der Waals surface area contributed by atoms with Crippen LogP contribution in [0.1, 0.15) is 44.5 Å². The first kappa shape index (κ1) is 19.0. The van der Waals surface area contributed by atoms with Crippen LogP contribution >= 0.6 is 0 Å². The molecule has 2 rings (SSSR count). The maximum Gasteiger partial charge on any atom is 0.319 e. The summed E-state index contributed by atoms with van der Waals surface area (Å²) in [6.45, 7) is 7.58. The van der Waals surface area contributed by atoms with Crippen molar-refractivity contribution in [1.29, 1.82) is 0 Å². The Bertz CT molecular complexity index is 682. The van der Waals surface area contributed by atoms with Gasteiger partial charge in [-0.3, -0.25) is 0 Å². The number of hydrogen-bond acceptors (Lipinski definition) is 3. The maximum atomic E-state index is 12.1. The Morgan fingerprint density at radius 3 is 2.84 bits per heavy atom. The molecule has 0 aliphatic rings. The molecule has 2 amide bonds. The molecular formula is C19H28N4O2. The highest BCUT2D eigenvalue weighted by molar-refractivity contribution is 5.89. The lowest BCUT2D eigenvalue weighted by Gasteiger charge is -2.15. The van der Waals surface area contributed by atoms with Gasteiger partial charge in [0.05, 0.1) is 0 Å². The van der Waals surface area contributed by atoms with Gasteiger partial charge < -0.3 is 19.9 Å². The average Bonchev–Trinajstić information content (AvgIpc) is 3.01. The lowest BCUT2D eigenvalue weighted by atomic mass is 10.1. The molecule has 6 nitrogen and oxygen atoms in total. The number of hydrogen-bond donors (Lipinski definition) is 2. The summed E-state index contributed by atoms with van der Waals surface area (Å²) in [6.07, 6.45) is 4.59. The predicted octanol–water partition coefficient (Wildman–Crippen LogP) is 3.60. The van der Waals surface area contributed by atoms with Gasteiger partial charge in [0.2, 0.25) is 0 Å². The fourth-order valence-corrected chi connectivity index (χ4v) is 2.66. The molecule has 0 aliphatic carbocycles. The molecule has 0 radical (unpaired) electrons. The Morgan fingerprint density at radius 1 is 1.32 bits per heavy atom. The first-order chi connectivity index (χ1) is 12.0. The molecule has 0 spiro atoms. The lowest BCUT2D eigenvalue weighted by molar-refractivity contribution is 0.185. The molecule has 0 saturated carbocycles. The number of imidazole rings is 1. The summed E-state index contributed by atoms with van der Waals surface area (Å²) >= 11 is 0. The van der Waals surface area contributed by atoms with Gasteiger partial charge in [-0.05, 0) is 31.0 Å². The number of methoxy groups -OCH3 is 1. The van der Waals surface area contributed by atoms with Crippen LogP contribution in [0.4, 0.5) is 10.5 Å². The van der Waals surface area contributed by atoms with E-state index in [4.69, 9.17) is 4.74 Å². The zero-order chi connectivity index (χ0) is 18.2. The van der Waals surface area contributed by atoms with Crippen LogP contribution in [0.2, 0.25) is 0 Å². The van der Waals surface area contributed by atoms with E-state index in [9.17, 15) is 4.79 Å². The molecular weight excluding hydrogens is 316 g/mol. The van der Waals surface area contributed by atoms with E-state index >= 15 is 0 Å². The number of anilines is 1. The zero-order valence-electron chi connectivity index (χ0n) is 15.5. The number of urea groups is 1. The number of aromatic nitrogens is 2. The van der Waals surface area contributed by atoms with Gasteiger partial charge in [0, 0.05) is 50.3 Å². The summed E-state index contributed by atoms with van der Waals surface area (Å²) in [4.78, 5) is 16.5. The number of carbonyl (C=O) groups excluding carboxylic acids is 1. The molecule has 6 heteroatoms. The molecule has 2 N–H and O–H groups in total. The Morgan fingerprint density at radius 2 is 2.12 bits per heavy atom. The predicted molar refractivity (Wildman–Crippen MR) is 100.0 cm³/mol. The van der Waals surface area contributed by atoms with Crippen LogP contribution in [0.15, 0.2) is 36.7 Å². The molecule has 0 fully saturated rings. The van der Waals surface area contributed by atoms with Crippen molar-refractivity contribution in [3.05, 3.63) is 48.0 Å². The van der Waals surface area contributed by atoms with Crippen LogP contribution < -0.4 is 10.6 Å². The van der Waals surface area contributed by atoms with E-state index in [0.29, 0.717) is 12.5 Å². The zero-order valence-corrected chi connectivity index (χ0v) is 15.5. The van der Waals surface area contributed by atoms with Crippen molar-refractivity contribution in [1.82, 2.24) is 14.9 Å². The minimum absolute atomic E-state index is 0.0580. The second-order valence-electron chi connectivity index (χ2n) is 6.55. The molecule has 25 heavy (non-hydrogen) atoms. The highest BCUT2D eigenvalue weighted by Gasteiger charge is 2.09. The summed E-state index contributed by atoms with van der Waals surface area (Å²) in [5.41, 5.74) is 1.89. The van der Waals surface area contributed by atoms with Gasteiger partial charge >= 0.3 is 6.03 Å². The largest absolute Gasteiger partial charge is 0.385 e. The van der Waals surface area contributed by atoms with E-state index in [0.717, 1.165) is 30.0 Å².